The van der Waals surface area contributed by atoms with Crippen LogP contribution in [0.3, 0.4) is 0 Å². The van der Waals surface area contributed by atoms with E-state index in [9.17, 15) is 0 Å². The average Bonchev–Trinajstić information content (AvgIpc) is 2.03. The molecule has 11 heavy (non-hydrogen) atoms. The van der Waals surface area contributed by atoms with E-state index in [4.69, 9.17) is 10.5 Å². The maximum absolute atomic E-state index is 6.14. The molecule has 0 aromatic heterocycles. The van der Waals surface area contributed by atoms with Gasteiger partial charge in [-0.1, -0.05) is 27.2 Å². The molecule has 0 saturated heterocycles. The summed E-state index contributed by atoms with van der Waals surface area (Å²) in [7, 11) is 1.71. The Hall–Kier alpha value is -0.0800. The number of methoxy groups -OCH3 is 1. The molecule has 0 aliphatic carbocycles. The number of hydrogen-bond acceptors (Lipinski definition) is 2. The number of nitrogens with two attached hydrogens (primary N) is 1. The minimum Gasteiger partial charge on any atom is -0.383 e. The van der Waals surface area contributed by atoms with Crippen LogP contribution in [0.25, 0.3) is 0 Å². The fourth-order valence-electron chi connectivity index (χ4n) is 1.27. The van der Waals surface area contributed by atoms with Crippen molar-refractivity contribution in [3.05, 3.63) is 0 Å². The minimum absolute atomic E-state index is 0.122. The van der Waals surface area contributed by atoms with E-state index in [1.807, 2.05) is 0 Å². The van der Waals surface area contributed by atoms with Crippen LogP contribution < -0.4 is 5.73 Å². The Labute approximate surface area is 70.1 Å². The molecule has 2 unspecified atom stereocenters. The van der Waals surface area contributed by atoms with Gasteiger partial charge in [0, 0.05) is 12.6 Å². The van der Waals surface area contributed by atoms with Gasteiger partial charge in [0.2, 0.25) is 0 Å². The van der Waals surface area contributed by atoms with E-state index < -0.39 is 0 Å². The van der Waals surface area contributed by atoms with Crippen LogP contribution in [-0.2, 0) is 4.74 Å². The average molecular weight is 159 g/mol. The van der Waals surface area contributed by atoms with Crippen LogP contribution in [0.5, 0.6) is 0 Å². The second-order valence-corrected chi connectivity index (χ2v) is 3.33. The van der Waals surface area contributed by atoms with Gasteiger partial charge in [0.25, 0.3) is 0 Å². The van der Waals surface area contributed by atoms with E-state index in [0.29, 0.717) is 12.5 Å². The molecule has 2 heteroatoms. The van der Waals surface area contributed by atoms with Gasteiger partial charge in [0.15, 0.2) is 0 Å². The zero-order valence-corrected chi connectivity index (χ0v) is 8.18. The smallest absolute Gasteiger partial charge is 0.0644 e. The molecule has 0 radical (unpaired) electrons. The van der Waals surface area contributed by atoms with Gasteiger partial charge in [0.1, 0.15) is 0 Å². The van der Waals surface area contributed by atoms with Crippen molar-refractivity contribution in [1.82, 2.24) is 0 Å². The van der Waals surface area contributed by atoms with Gasteiger partial charge < -0.3 is 10.5 Å². The van der Waals surface area contributed by atoms with Crippen molar-refractivity contribution >= 4 is 0 Å². The van der Waals surface area contributed by atoms with Gasteiger partial charge in [-0.05, 0) is 12.3 Å². The van der Waals surface area contributed by atoms with Crippen molar-refractivity contribution in [3.8, 4) is 0 Å². The molecule has 68 valence electrons. The number of hydrogen-bond donors (Lipinski definition) is 1. The summed E-state index contributed by atoms with van der Waals surface area (Å²) < 4.78 is 5.10. The standard InChI is InChI=1S/C9H21NO/c1-5-8(3)9(10,6-2)7-11-4/h8H,5-7,10H2,1-4H3. The molecule has 0 aliphatic rings. The molecule has 2 nitrogen and oxygen atoms in total. The molecule has 0 saturated carbocycles. The van der Waals surface area contributed by atoms with Crippen molar-refractivity contribution in [2.24, 2.45) is 11.7 Å². The summed E-state index contributed by atoms with van der Waals surface area (Å²) >= 11 is 0. The van der Waals surface area contributed by atoms with Gasteiger partial charge in [-0.15, -0.1) is 0 Å². The lowest BCUT2D eigenvalue weighted by Gasteiger charge is -2.33. The van der Waals surface area contributed by atoms with E-state index >= 15 is 0 Å². The van der Waals surface area contributed by atoms with Crippen LogP contribution in [0.4, 0.5) is 0 Å². The quantitative estimate of drug-likeness (QED) is 0.663. The molecule has 2 atom stereocenters. The maximum Gasteiger partial charge on any atom is 0.0644 e. The second-order valence-electron chi connectivity index (χ2n) is 3.33. The van der Waals surface area contributed by atoms with E-state index in [1.165, 1.54) is 0 Å². The summed E-state index contributed by atoms with van der Waals surface area (Å²) in [5.74, 6) is 0.535. The Balaban J connectivity index is 4.07. The summed E-state index contributed by atoms with van der Waals surface area (Å²) in [6.45, 7) is 7.13. The van der Waals surface area contributed by atoms with E-state index in [2.05, 4.69) is 20.8 Å². The summed E-state index contributed by atoms with van der Waals surface area (Å²) in [6, 6.07) is 0. The normalized spacial score (nSPS) is 19.4. The molecule has 0 aromatic carbocycles. The first-order valence-corrected chi connectivity index (χ1v) is 4.38. The van der Waals surface area contributed by atoms with Crippen molar-refractivity contribution < 1.29 is 4.74 Å². The highest BCUT2D eigenvalue weighted by molar-refractivity contribution is 4.86. The Morgan fingerprint density at radius 3 is 2.27 bits per heavy atom. The van der Waals surface area contributed by atoms with Gasteiger partial charge >= 0.3 is 0 Å². The zero-order valence-electron chi connectivity index (χ0n) is 8.18. The van der Waals surface area contributed by atoms with Crippen molar-refractivity contribution in [2.45, 2.75) is 39.2 Å². The molecule has 2 N–H and O–H groups in total. The largest absolute Gasteiger partial charge is 0.383 e. The predicted molar refractivity (Wildman–Crippen MR) is 48.5 cm³/mol. The third-order valence-electron chi connectivity index (χ3n) is 2.67. The first-order chi connectivity index (χ1) is 5.10. The molecule has 0 bridgehead atoms. The van der Waals surface area contributed by atoms with Crippen LogP contribution in [-0.4, -0.2) is 19.3 Å². The Bertz CT molecular complexity index is 106. The monoisotopic (exact) mass is 159 g/mol. The Morgan fingerprint density at radius 1 is 1.45 bits per heavy atom. The van der Waals surface area contributed by atoms with E-state index in [1.54, 1.807) is 7.11 Å². The van der Waals surface area contributed by atoms with Gasteiger partial charge in [-0.2, -0.15) is 0 Å². The minimum atomic E-state index is -0.122. The number of rotatable bonds is 5. The highest BCUT2D eigenvalue weighted by Crippen LogP contribution is 2.21. The molecule has 0 heterocycles. The molecule has 0 spiro atoms. The fraction of sp³-hybridized carbons (Fsp3) is 1.00. The first kappa shape index (κ1) is 10.9. The highest BCUT2D eigenvalue weighted by atomic mass is 16.5. The molecule has 0 rings (SSSR count). The molecule has 0 aromatic rings. The van der Waals surface area contributed by atoms with Crippen molar-refractivity contribution in [1.29, 1.82) is 0 Å². The molecule has 0 aliphatic heterocycles. The lowest BCUT2D eigenvalue weighted by Crippen LogP contribution is -2.49. The van der Waals surface area contributed by atoms with Gasteiger partial charge in [0.05, 0.1) is 6.61 Å². The van der Waals surface area contributed by atoms with E-state index in [-0.39, 0.29) is 5.54 Å². The molecular formula is C9H21NO. The summed E-state index contributed by atoms with van der Waals surface area (Å²) in [6.07, 6.45) is 2.10. The summed E-state index contributed by atoms with van der Waals surface area (Å²) in [5.41, 5.74) is 6.02. The van der Waals surface area contributed by atoms with Crippen LogP contribution >= 0.6 is 0 Å². The van der Waals surface area contributed by atoms with Crippen molar-refractivity contribution in [2.75, 3.05) is 13.7 Å². The van der Waals surface area contributed by atoms with Crippen LogP contribution in [0.1, 0.15) is 33.6 Å². The third kappa shape index (κ3) is 2.80. The SMILES string of the molecule is CCC(C)C(N)(CC)COC. The van der Waals surface area contributed by atoms with Crippen LogP contribution in [0, 0.1) is 5.92 Å². The van der Waals surface area contributed by atoms with Crippen molar-refractivity contribution in [3.63, 3.8) is 0 Å². The number of ether oxygens (including phenoxy) is 1. The fourth-order valence-corrected chi connectivity index (χ4v) is 1.27. The molecular weight excluding hydrogens is 138 g/mol. The molecule has 0 amide bonds. The topological polar surface area (TPSA) is 35.2 Å². The lowest BCUT2D eigenvalue weighted by molar-refractivity contribution is 0.0954. The molecule has 0 fully saturated rings. The second kappa shape index (κ2) is 4.73. The van der Waals surface area contributed by atoms with Crippen LogP contribution in [0.2, 0.25) is 0 Å². The van der Waals surface area contributed by atoms with Crippen LogP contribution in [0.15, 0.2) is 0 Å². The lowest BCUT2D eigenvalue weighted by atomic mass is 9.83. The predicted octanol–water partition coefficient (Wildman–Crippen LogP) is 1.79. The first-order valence-electron chi connectivity index (χ1n) is 4.38. The maximum atomic E-state index is 6.14. The van der Waals surface area contributed by atoms with E-state index in [0.717, 1.165) is 12.8 Å². The van der Waals surface area contributed by atoms with Gasteiger partial charge in [-0.25, -0.2) is 0 Å². The summed E-state index contributed by atoms with van der Waals surface area (Å²) in [5, 5.41) is 0. The summed E-state index contributed by atoms with van der Waals surface area (Å²) in [4.78, 5) is 0. The third-order valence-corrected chi connectivity index (χ3v) is 2.67. The Morgan fingerprint density at radius 2 is 2.00 bits per heavy atom. The Kier molecular flexibility index (Phi) is 4.69. The van der Waals surface area contributed by atoms with Gasteiger partial charge in [-0.3, -0.25) is 0 Å². The highest BCUT2D eigenvalue weighted by Gasteiger charge is 2.28. The zero-order chi connectivity index (χ0) is 8.91.